The monoisotopic (exact) mass is 337 g/mol. The first-order valence-electron chi connectivity index (χ1n) is 8.60. The number of rotatable bonds is 4. The lowest BCUT2D eigenvalue weighted by molar-refractivity contribution is 0.283. The van der Waals surface area contributed by atoms with Gasteiger partial charge in [0, 0.05) is 18.2 Å². The van der Waals surface area contributed by atoms with Crippen LogP contribution in [0.3, 0.4) is 0 Å². The molecule has 0 radical (unpaired) electrons. The Morgan fingerprint density at radius 3 is 2.88 bits per heavy atom. The number of benzene rings is 1. The van der Waals surface area contributed by atoms with Gasteiger partial charge < -0.3 is 9.64 Å². The largest absolute Gasteiger partial charge is 0.472 e. The maximum absolute atomic E-state index is 13.9. The molecule has 0 amide bonds. The molecule has 2 heterocycles. The van der Waals surface area contributed by atoms with Crippen LogP contribution >= 0.6 is 0 Å². The lowest BCUT2D eigenvalue weighted by Gasteiger charge is -2.31. The van der Waals surface area contributed by atoms with Crippen LogP contribution in [0.25, 0.3) is 0 Å². The van der Waals surface area contributed by atoms with Gasteiger partial charge >= 0.3 is 5.69 Å². The van der Waals surface area contributed by atoms with E-state index in [0.29, 0.717) is 18.9 Å². The van der Waals surface area contributed by atoms with Crippen molar-refractivity contribution >= 4 is 5.82 Å². The number of halogens is 2. The normalized spacial score (nSPS) is 17.3. The average molecular weight is 337 g/mol. The Labute approximate surface area is 141 Å². The molecule has 1 aliphatic heterocycles. The van der Waals surface area contributed by atoms with Crippen LogP contribution < -0.4 is 15.3 Å². The van der Waals surface area contributed by atoms with Crippen molar-refractivity contribution in [2.75, 3.05) is 11.4 Å². The van der Waals surface area contributed by atoms with E-state index in [1.807, 2.05) is 25.7 Å². The van der Waals surface area contributed by atoms with Crippen LogP contribution in [0, 0.1) is 11.6 Å². The fourth-order valence-electron chi connectivity index (χ4n) is 2.96. The third kappa shape index (κ3) is 2.74. The molecule has 7 heteroatoms. The topological polar surface area (TPSA) is 47.4 Å². The predicted octanol–water partition coefficient (Wildman–Crippen LogP) is 2.72. The van der Waals surface area contributed by atoms with E-state index < -0.39 is 29.4 Å². The van der Waals surface area contributed by atoms with Crippen LogP contribution in [0.1, 0.15) is 29.1 Å². The molecule has 0 spiro atoms. The summed E-state index contributed by atoms with van der Waals surface area (Å²) in [5.74, 6) is -2.27. The maximum Gasteiger partial charge on any atom is 0.352 e. The van der Waals surface area contributed by atoms with Crippen LogP contribution in [0.2, 0.25) is 0 Å². The van der Waals surface area contributed by atoms with Crippen molar-refractivity contribution in [3.05, 3.63) is 51.9 Å². The van der Waals surface area contributed by atoms with Gasteiger partial charge in [-0.3, -0.25) is 4.57 Å². The molecule has 5 nitrogen and oxygen atoms in total. The zero-order chi connectivity index (χ0) is 19.3. The van der Waals surface area contributed by atoms with Gasteiger partial charge in [-0.1, -0.05) is 12.1 Å². The molecule has 0 aliphatic carbocycles. The molecule has 0 N–H and O–H groups in total. The maximum atomic E-state index is 13.9. The Balaban J connectivity index is 2.01. The molecular weight excluding hydrogens is 316 g/mol. The molecule has 2 aromatic rings. The Morgan fingerprint density at radius 2 is 2.17 bits per heavy atom. The minimum absolute atomic E-state index is 0.286. The summed E-state index contributed by atoms with van der Waals surface area (Å²) in [6, 6.07) is 4.59. The van der Waals surface area contributed by atoms with Crippen molar-refractivity contribution in [1.29, 1.82) is 0 Å². The molecule has 1 aromatic carbocycles. The van der Waals surface area contributed by atoms with E-state index >= 15 is 0 Å². The molecule has 0 atom stereocenters. The first-order valence-corrected chi connectivity index (χ1v) is 7.60. The number of fused-ring (bicyclic) bond motifs is 1. The summed E-state index contributed by atoms with van der Waals surface area (Å²) in [6.07, 6.45) is 0. The second kappa shape index (κ2) is 5.89. The van der Waals surface area contributed by atoms with Crippen molar-refractivity contribution in [2.45, 2.75) is 39.4 Å². The van der Waals surface area contributed by atoms with Crippen LogP contribution in [-0.2, 0) is 13.1 Å². The van der Waals surface area contributed by atoms with Gasteiger partial charge in [-0.25, -0.2) is 13.6 Å². The second-order valence-corrected chi connectivity index (χ2v) is 6.18. The van der Waals surface area contributed by atoms with Crippen molar-refractivity contribution in [3.63, 3.8) is 0 Å². The zero-order valence-corrected chi connectivity index (χ0v) is 13.6. The third-order valence-corrected chi connectivity index (χ3v) is 4.05. The van der Waals surface area contributed by atoms with Crippen molar-refractivity contribution < 1.29 is 16.3 Å². The molecule has 128 valence electrons. The van der Waals surface area contributed by atoms with E-state index in [1.54, 1.807) is 0 Å². The van der Waals surface area contributed by atoms with Gasteiger partial charge in [0.15, 0.2) is 11.6 Å². The summed E-state index contributed by atoms with van der Waals surface area (Å²) < 4.78 is 49.9. The molecule has 0 fully saturated rings. The van der Waals surface area contributed by atoms with Crippen LogP contribution in [-0.4, -0.2) is 21.6 Å². The Kier molecular flexibility index (Phi) is 3.42. The van der Waals surface area contributed by atoms with Gasteiger partial charge in [-0.05, 0) is 26.8 Å². The SMILES string of the molecule is [2H]C([2H])(Oc1cc2n(c(=O)n1)CC(C)(C)N2CC)c1cccc(F)c1F. The van der Waals surface area contributed by atoms with Gasteiger partial charge in [0.1, 0.15) is 12.4 Å². The first kappa shape index (κ1) is 13.9. The fourth-order valence-corrected chi connectivity index (χ4v) is 2.96. The van der Waals surface area contributed by atoms with Crippen LogP contribution in [0.4, 0.5) is 14.6 Å². The fraction of sp³-hybridized carbons (Fsp3) is 0.412. The minimum Gasteiger partial charge on any atom is -0.472 e. The number of anilines is 1. The first-order chi connectivity index (χ1) is 12.1. The quantitative estimate of drug-likeness (QED) is 0.861. The van der Waals surface area contributed by atoms with Crippen LogP contribution in [0.5, 0.6) is 5.88 Å². The standard InChI is InChI=1S/C17H19F2N3O2/c1-4-22-14-8-13(20-16(23)21(14)10-17(22,2)3)24-9-11-6-5-7-12(18)15(11)19/h5-8H,4,9-10H2,1-3H3/i9D2. The molecule has 0 bridgehead atoms. The highest BCUT2D eigenvalue weighted by Crippen LogP contribution is 2.33. The van der Waals surface area contributed by atoms with E-state index in [-0.39, 0.29) is 11.4 Å². The minimum atomic E-state index is -2.70. The highest BCUT2D eigenvalue weighted by molar-refractivity contribution is 5.48. The van der Waals surface area contributed by atoms with Crippen molar-refractivity contribution in [1.82, 2.24) is 9.55 Å². The number of likely N-dealkylation sites (N-methyl/N-ethyl adjacent to an activating group) is 1. The lowest BCUT2D eigenvalue weighted by Crippen LogP contribution is -2.41. The number of ether oxygens (including phenoxy) is 1. The molecule has 24 heavy (non-hydrogen) atoms. The summed E-state index contributed by atoms with van der Waals surface area (Å²) in [7, 11) is 0. The van der Waals surface area contributed by atoms with Crippen molar-refractivity contribution in [3.8, 4) is 5.88 Å². The van der Waals surface area contributed by atoms with Gasteiger partial charge in [-0.15, -0.1) is 0 Å². The van der Waals surface area contributed by atoms with E-state index in [2.05, 4.69) is 4.98 Å². The molecule has 0 saturated carbocycles. The summed E-state index contributed by atoms with van der Waals surface area (Å²) in [4.78, 5) is 18.0. The molecule has 3 rings (SSSR count). The number of aromatic nitrogens is 2. The molecule has 0 unspecified atom stereocenters. The summed E-state index contributed by atoms with van der Waals surface area (Å²) in [5, 5.41) is 0. The van der Waals surface area contributed by atoms with E-state index in [9.17, 15) is 13.6 Å². The number of hydrogen-bond acceptors (Lipinski definition) is 4. The molecule has 1 aliphatic rings. The second-order valence-electron chi connectivity index (χ2n) is 6.18. The van der Waals surface area contributed by atoms with E-state index in [1.165, 1.54) is 16.7 Å². The Morgan fingerprint density at radius 1 is 1.42 bits per heavy atom. The smallest absolute Gasteiger partial charge is 0.352 e. The van der Waals surface area contributed by atoms with Crippen molar-refractivity contribution in [2.24, 2.45) is 0 Å². The lowest BCUT2D eigenvalue weighted by atomic mass is 10.1. The third-order valence-electron chi connectivity index (χ3n) is 4.05. The van der Waals surface area contributed by atoms with Gasteiger partial charge in [0.05, 0.1) is 14.8 Å². The van der Waals surface area contributed by atoms with E-state index in [0.717, 1.165) is 12.1 Å². The summed E-state index contributed by atoms with van der Waals surface area (Å²) in [6.45, 7) is 4.25. The van der Waals surface area contributed by atoms with Gasteiger partial charge in [0.2, 0.25) is 5.88 Å². The van der Waals surface area contributed by atoms with Gasteiger partial charge in [0.25, 0.3) is 0 Å². The summed E-state index contributed by atoms with van der Waals surface area (Å²) in [5.41, 5.74) is -1.50. The average Bonchev–Trinajstić information content (AvgIpc) is 2.79. The number of hydrogen-bond donors (Lipinski definition) is 0. The highest BCUT2D eigenvalue weighted by atomic mass is 19.2. The van der Waals surface area contributed by atoms with Crippen LogP contribution in [0.15, 0.2) is 29.1 Å². The highest BCUT2D eigenvalue weighted by Gasteiger charge is 2.36. The predicted molar refractivity (Wildman–Crippen MR) is 86.3 cm³/mol. The molecular formula is C17H19F2N3O2. The Bertz CT molecular complexity index is 915. The molecule has 0 saturated heterocycles. The molecule has 1 aromatic heterocycles. The van der Waals surface area contributed by atoms with E-state index in [4.69, 9.17) is 7.48 Å². The zero-order valence-electron chi connectivity index (χ0n) is 15.6. The number of nitrogens with zero attached hydrogens (tertiary/aromatic N) is 3. The van der Waals surface area contributed by atoms with Gasteiger partial charge in [-0.2, -0.15) is 4.98 Å². The summed E-state index contributed by atoms with van der Waals surface area (Å²) >= 11 is 0. The Hall–Kier alpha value is -2.44.